The normalized spacial score (nSPS) is 17.2. The van der Waals surface area contributed by atoms with E-state index in [9.17, 15) is 13.6 Å². The zero-order chi connectivity index (χ0) is 25.2. The van der Waals surface area contributed by atoms with E-state index < -0.39 is 11.6 Å². The van der Waals surface area contributed by atoms with E-state index in [0.29, 0.717) is 51.4 Å². The van der Waals surface area contributed by atoms with Gasteiger partial charge in [-0.15, -0.1) is 0 Å². The van der Waals surface area contributed by atoms with Crippen molar-refractivity contribution in [3.63, 3.8) is 0 Å². The lowest BCUT2D eigenvalue weighted by atomic mass is 10.0. The zero-order valence-corrected chi connectivity index (χ0v) is 19.5. The molecule has 1 aliphatic carbocycles. The van der Waals surface area contributed by atoms with Crippen molar-refractivity contribution < 1.29 is 18.3 Å². The fraction of sp³-hybridized carbons (Fsp3) is 0.222. The van der Waals surface area contributed by atoms with E-state index in [0.717, 1.165) is 25.0 Å². The van der Waals surface area contributed by atoms with E-state index in [1.807, 2.05) is 6.07 Å². The predicted octanol–water partition coefficient (Wildman–Crippen LogP) is 5.45. The molecule has 182 valence electrons. The minimum absolute atomic E-state index is 0.194. The van der Waals surface area contributed by atoms with Crippen LogP contribution < -0.4 is 10.1 Å². The van der Waals surface area contributed by atoms with Crippen LogP contribution in [0.1, 0.15) is 19.3 Å². The Hall–Kier alpha value is -4.27. The van der Waals surface area contributed by atoms with Gasteiger partial charge in [-0.2, -0.15) is 0 Å². The highest BCUT2D eigenvalue weighted by Gasteiger charge is 2.33. The number of rotatable bonds is 6. The molecular formula is C27H23F2N5O2. The molecule has 2 aromatic heterocycles. The third-order valence-corrected chi connectivity index (χ3v) is 6.47. The number of pyridine rings is 1. The van der Waals surface area contributed by atoms with E-state index in [1.54, 1.807) is 30.6 Å². The topological polar surface area (TPSA) is 89.4 Å². The first-order valence-corrected chi connectivity index (χ1v) is 11.5. The number of hydrogen-bond donors (Lipinski definition) is 1. The Morgan fingerprint density at radius 2 is 1.94 bits per heavy atom. The molecule has 2 unspecified atom stereocenters. The van der Waals surface area contributed by atoms with Crippen molar-refractivity contribution in [3.8, 4) is 28.3 Å². The van der Waals surface area contributed by atoms with Crippen molar-refractivity contribution in [1.82, 2.24) is 15.0 Å². The molecule has 9 heteroatoms. The van der Waals surface area contributed by atoms with Gasteiger partial charge in [0, 0.05) is 29.4 Å². The average Bonchev–Trinajstić information content (AvgIpc) is 3.37. The van der Waals surface area contributed by atoms with Crippen molar-refractivity contribution in [2.24, 2.45) is 10.9 Å². The summed E-state index contributed by atoms with van der Waals surface area (Å²) in [5.74, 6) is -1.07. The van der Waals surface area contributed by atoms with Gasteiger partial charge >= 0.3 is 0 Å². The highest BCUT2D eigenvalue weighted by molar-refractivity contribution is 5.98. The Labute approximate surface area is 206 Å². The number of carbonyl (C=O) groups is 1. The summed E-state index contributed by atoms with van der Waals surface area (Å²) in [5, 5.41) is 4.06. The molecule has 0 spiro atoms. The van der Waals surface area contributed by atoms with Crippen LogP contribution in [0.5, 0.6) is 5.75 Å². The molecule has 0 saturated heterocycles. The fourth-order valence-electron chi connectivity index (χ4n) is 4.65. The lowest BCUT2D eigenvalue weighted by Gasteiger charge is -2.21. The van der Waals surface area contributed by atoms with Crippen LogP contribution in [0.2, 0.25) is 0 Å². The summed E-state index contributed by atoms with van der Waals surface area (Å²) in [4.78, 5) is 29.7. The number of methoxy groups -OCH3 is 1. The van der Waals surface area contributed by atoms with Crippen LogP contribution in [0, 0.1) is 17.6 Å². The van der Waals surface area contributed by atoms with Gasteiger partial charge in [-0.25, -0.2) is 23.7 Å². The molecule has 0 radical (unpaired) electrons. The molecule has 1 N–H and O–H groups in total. The number of aromatic nitrogens is 3. The van der Waals surface area contributed by atoms with Crippen LogP contribution in [-0.2, 0) is 4.79 Å². The van der Waals surface area contributed by atoms with Gasteiger partial charge in [-0.1, -0.05) is 12.5 Å². The van der Waals surface area contributed by atoms with Gasteiger partial charge in [0.1, 0.15) is 17.1 Å². The first kappa shape index (κ1) is 23.5. The second-order valence-electron chi connectivity index (χ2n) is 8.63. The summed E-state index contributed by atoms with van der Waals surface area (Å²) in [6.07, 6.45) is 5.66. The Kier molecular flexibility index (Phi) is 6.37. The maximum Gasteiger partial charge on any atom is 0.250 e. The molecule has 7 nitrogen and oxygen atoms in total. The summed E-state index contributed by atoms with van der Waals surface area (Å²) < 4.78 is 33.2. The molecule has 1 fully saturated rings. The number of amides is 1. The van der Waals surface area contributed by atoms with Crippen LogP contribution in [0.15, 0.2) is 59.9 Å². The Morgan fingerprint density at radius 1 is 1.08 bits per heavy atom. The third kappa shape index (κ3) is 4.39. The Balaban J connectivity index is 1.70. The summed E-state index contributed by atoms with van der Waals surface area (Å²) in [7, 11) is 1.52. The molecule has 2 heterocycles. The number of halogens is 2. The zero-order valence-electron chi connectivity index (χ0n) is 19.5. The quantitative estimate of drug-likeness (QED) is 0.364. The number of ether oxygens (including phenoxy) is 1. The van der Waals surface area contributed by atoms with Crippen molar-refractivity contribution in [1.29, 1.82) is 0 Å². The molecule has 0 aliphatic heterocycles. The summed E-state index contributed by atoms with van der Waals surface area (Å²) in [5.41, 5.74) is 2.32. The van der Waals surface area contributed by atoms with Gasteiger partial charge in [0.2, 0.25) is 5.91 Å². The van der Waals surface area contributed by atoms with Crippen LogP contribution in [0.25, 0.3) is 33.4 Å². The van der Waals surface area contributed by atoms with Crippen molar-refractivity contribution in [2.45, 2.75) is 25.3 Å². The van der Waals surface area contributed by atoms with E-state index in [-0.39, 0.29) is 17.9 Å². The Morgan fingerprint density at radius 3 is 2.67 bits per heavy atom. The monoisotopic (exact) mass is 487 g/mol. The number of fused-ring (bicyclic) bond motifs is 1. The minimum Gasteiger partial charge on any atom is -0.494 e. The predicted molar refractivity (Wildman–Crippen MR) is 134 cm³/mol. The Bertz CT molecular complexity index is 1460. The number of nitrogens with zero attached hydrogens (tertiary/aromatic N) is 4. The van der Waals surface area contributed by atoms with Crippen LogP contribution in [0.4, 0.5) is 14.6 Å². The lowest BCUT2D eigenvalue weighted by Crippen LogP contribution is -2.29. The summed E-state index contributed by atoms with van der Waals surface area (Å²) in [6, 6.07) is 10.7. The smallest absolute Gasteiger partial charge is 0.250 e. The molecule has 0 bridgehead atoms. The molecule has 2 atom stereocenters. The average molecular weight is 488 g/mol. The summed E-state index contributed by atoms with van der Waals surface area (Å²) >= 11 is 0. The molecular weight excluding hydrogens is 464 g/mol. The maximum atomic E-state index is 14.0. The maximum absolute atomic E-state index is 14.0. The van der Waals surface area contributed by atoms with Gasteiger partial charge in [-0.3, -0.25) is 9.78 Å². The van der Waals surface area contributed by atoms with Crippen molar-refractivity contribution in [2.75, 3.05) is 12.4 Å². The van der Waals surface area contributed by atoms with E-state index in [4.69, 9.17) is 14.7 Å². The van der Waals surface area contributed by atoms with Crippen LogP contribution in [0.3, 0.4) is 0 Å². The minimum atomic E-state index is -0.947. The van der Waals surface area contributed by atoms with E-state index in [1.165, 1.54) is 13.2 Å². The van der Waals surface area contributed by atoms with Gasteiger partial charge < -0.3 is 10.1 Å². The van der Waals surface area contributed by atoms with Gasteiger partial charge in [0.25, 0.3) is 0 Å². The number of anilines is 1. The fourth-order valence-corrected chi connectivity index (χ4v) is 4.65. The van der Waals surface area contributed by atoms with Crippen LogP contribution >= 0.6 is 0 Å². The van der Waals surface area contributed by atoms with E-state index in [2.05, 4.69) is 22.0 Å². The molecule has 5 rings (SSSR count). The second-order valence-corrected chi connectivity index (χ2v) is 8.63. The number of nitrogens with one attached hydrogen (secondary N) is 1. The largest absolute Gasteiger partial charge is 0.494 e. The summed E-state index contributed by atoms with van der Waals surface area (Å²) in [6.45, 7) is 3.40. The first-order chi connectivity index (χ1) is 17.5. The van der Waals surface area contributed by atoms with Crippen molar-refractivity contribution in [3.05, 3.63) is 66.5 Å². The van der Waals surface area contributed by atoms with Gasteiger partial charge in [0.15, 0.2) is 17.5 Å². The molecule has 1 saturated carbocycles. The number of carbonyl (C=O) groups excluding carboxylic acids is 1. The SMILES string of the molecule is C=NC(=O)C1CCCC1Nc1nc(-c2cccnc2)nc2c(OC)cc(-c3ccc(F)c(F)c3)cc12. The van der Waals surface area contributed by atoms with Gasteiger partial charge in [-0.05, 0) is 67.1 Å². The molecule has 1 aliphatic rings. The molecule has 36 heavy (non-hydrogen) atoms. The lowest BCUT2D eigenvalue weighted by molar-refractivity contribution is -0.121. The van der Waals surface area contributed by atoms with Crippen LogP contribution in [-0.4, -0.2) is 40.7 Å². The van der Waals surface area contributed by atoms with Gasteiger partial charge in [0.05, 0.1) is 13.0 Å². The standard InChI is InChI=1S/C27H23F2N5O2/c1-30-27(35)18-6-3-7-22(18)32-26-19-11-17(15-8-9-20(28)21(29)12-15)13-23(36-2)24(19)33-25(34-26)16-5-4-10-31-14-16/h4-5,8-14,18,22H,1,3,6-7H2,2H3,(H,32,33,34). The second kappa shape index (κ2) is 9.77. The molecule has 4 aromatic rings. The van der Waals surface area contributed by atoms with Crippen molar-refractivity contribution >= 4 is 29.3 Å². The number of hydrogen-bond acceptors (Lipinski definition) is 6. The number of aliphatic imine (C=N–C) groups is 1. The highest BCUT2D eigenvalue weighted by atomic mass is 19.2. The first-order valence-electron chi connectivity index (χ1n) is 11.5. The molecule has 1 amide bonds. The third-order valence-electron chi connectivity index (χ3n) is 6.47. The molecule has 2 aromatic carbocycles. The van der Waals surface area contributed by atoms with E-state index >= 15 is 0 Å². The number of benzene rings is 2. The highest BCUT2D eigenvalue weighted by Crippen LogP contribution is 2.38.